The van der Waals surface area contributed by atoms with Crippen LogP contribution in [0, 0.1) is 11.3 Å². The maximum absolute atomic E-state index is 8.34. The van der Waals surface area contributed by atoms with Crippen LogP contribution in [-0.2, 0) is 0 Å². The van der Waals surface area contributed by atoms with Crippen LogP contribution in [0.4, 0.5) is 0 Å². The fourth-order valence-electron chi connectivity index (χ4n) is 1.19. The first-order valence-electron chi connectivity index (χ1n) is 3.89. The number of fused-ring (bicyclic) bond motifs is 1. The Morgan fingerprint density at radius 2 is 2.38 bits per heavy atom. The molecule has 2 rings (SSSR count). The highest BCUT2D eigenvalue weighted by atomic mass is 14.9. The lowest BCUT2D eigenvalue weighted by atomic mass is 10.2. The van der Waals surface area contributed by atoms with E-state index < -0.39 is 0 Å². The van der Waals surface area contributed by atoms with Crippen molar-refractivity contribution in [2.24, 2.45) is 0 Å². The summed E-state index contributed by atoms with van der Waals surface area (Å²) >= 11 is 0. The predicted octanol–water partition coefficient (Wildman–Crippen LogP) is 2.10. The molecular weight excluding hydrogens is 162 g/mol. The summed E-state index contributed by atoms with van der Waals surface area (Å²) in [6, 6.07) is 7.75. The zero-order valence-electron chi connectivity index (χ0n) is 6.86. The van der Waals surface area contributed by atoms with Crippen molar-refractivity contribution in [3.63, 3.8) is 0 Å². The van der Waals surface area contributed by atoms with E-state index in [0.717, 1.165) is 16.6 Å². The van der Waals surface area contributed by atoms with Gasteiger partial charge in [0.1, 0.15) is 0 Å². The number of aromatic amines is 1. The number of aromatic nitrogens is 2. The number of rotatable bonds is 1. The first-order valence-corrected chi connectivity index (χ1v) is 3.89. The SMILES string of the molecule is N#CC=Cc1ccc2nc[nH]c2c1. The van der Waals surface area contributed by atoms with Gasteiger partial charge in [-0.3, -0.25) is 0 Å². The molecule has 1 aromatic heterocycles. The Balaban J connectivity index is 2.49. The summed E-state index contributed by atoms with van der Waals surface area (Å²) in [7, 11) is 0. The predicted molar refractivity (Wildman–Crippen MR) is 50.7 cm³/mol. The van der Waals surface area contributed by atoms with Crippen molar-refractivity contribution in [1.29, 1.82) is 5.26 Å². The van der Waals surface area contributed by atoms with Crippen molar-refractivity contribution >= 4 is 17.1 Å². The van der Waals surface area contributed by atoms with Crippen LogP contribution in [0.5, 0.6) is 0 Å². The van der Waals surface area contributed by atoms with Crippen molar-refractivity contribution in [2.45, 2.75) is 0 Å². The summed E-state index contributed by atoms with van der Waals surface area (Å²) in [5, 5.41) is 8.34. The van der Waals surface area contributed by atoms with Crippen LogP contribution < -0.4 is 0 Å². The second-order valence-electron chi connectivity index (χ2n) is 2.64. The molecule has 0 aliphatic carbocycles. The average molecular weight is 169 g/mol. The van der Waals surface area contributed by atoms with Gasteiger partial charge in [-0.15, -0.1) is 0 Å². The summed E-state index contributed by atoms with van der Waals surface area (Å²) in [5.74, 6) is 0. The lowest BCUT2D eigenvalue weighted by Crippen LogP contribution is -1.73. The van der Waals surface area contributed by atoms with Gasteiger partial charge in [-0.05, 0) is 23.8 Å². The minimum Gasteiger partial charge on any atom is -0.345 e. The maximum atomic E-state index is 8.34. The van der Waals surface area contributed by atoms with Gasteiger partial charge in [-0.1, -0.05) is 6.07 Å². The summed E-state index contributed by atoms with van der Waals surface area (Å²) in [5.41, 5.74) is 2.92. The van der Waals surface area contributed by atoms with Gasteiger partial charge in [-0.2, -0.15) is 5.26 Å². The molecule has 62 valence electrons. The van der Waals surface area contributed by atoms with E-state index in [1.54, 1.807) is 12.4 Å². The zero-order valence-corrected chi connectivity index (χ0v) is 6.86. The molecule has 0 saturated heterocycles. The first-order chi connectivity index (χ1) is 6.40. The summed E-state index contributed by atoms with van der Waals surface area (Å²) in [6.45, 7) is 0. The van der Waals surface area contributed by atoms with E-state index in [1.165, 1.54) is 6.08 Å². The van der Waals surface area contributed by atoms with Gasteiger partial charge >= 0.3 is 0 Å². The standard InChI is InChI=1S/C10H7N3/c11-5-1-2-8-3-4-9-10(6-8)13-7-12-9/h1-4,6-7H,(H,12,13). The van der Waals surface area contributed by atoms with Crippen LogP contribution in [0.25, 0.3) is 17.1 Å². The van der Waals surface area contributed by atoms with Crippen molar-refractivity contribution in [1.82, 2.24) is 9.97 Å². The van der Waals surface area contributed by atoms with Crippen LogP contribution in [-0.4, -0.2) is 9.97 Å². The van der Waals surface area contributed by atoms with Crippen molar-refractivity contribution in [3.05, 3.63) is 36.2 Å². The largest absolute Gasteiger partial charge is 0.345 e. The van der Waals surface area contributed by atoms with Crippen LogP contribution in [0.1, 0.15) is 5.56 Å². The Morgan fingerprint density at radius 3 is 3.23 bits per heavy atom. The van der Waals surface area contributed by atoms with Crippen LogP contribution in [0.3, 0.4) is 0 Å². The Labute approximate surface area is 75.3 Å². The number of nitriles is 1. The van der Waals surface area contributed by atoms with E-state index in [-0.39, 0.29) is 0 Å². The van der Waals surface area contributed by atoms with Gasteiger partial charge in [0.15, 0.2) is 0 Å². The molecule has 1 heterocycles. The number of nitrogens with zero attached hydrogens (tertiary/aromatic N) is 2. The molecule has 0 aliphatic heterocycles. The summed E-state index contributed by atoms with van der Waals surface area (Å²) in [4.78, 5) is 7.10. The van der Waals surface area contributed by atoms with E-state index in [4.69, 9.17) is 5.26 Å². The molecule has 1 aromatic carbocycles. The van der Waals surface area contributed by atoms with Crippen molar-refractivity contribution < 1.29 is 0 Å². The second-order valence-corrected chi connectivity index (χ2v) is 2.64. The van der Waals surface area contributed by atoms with E-state index >= 15 is 0 Å². The minimum atomic E-state index is 0.939. The summed E-state index contributed by atoms with van der Waals surface area (Å²) < 4.78 is 0. The fourth-order valence-corrected chi connectivity index (χ4v) is 1.19. The van der Waals surface area contributed by atoms with Gasteiger partial charge in [-0.25, -0.2) is 4.98 Å². The Morgan fingerprint density at radius 1 is 1.46 bits per heavy atom. The molecule has 3 heteroatoms. The molecule has 0 saturated carbocycles. The molecule has 0 fully saturated rings. The average Bonchev–Trinajstić information content (AvgIpc) is 2.61. The van der Waals surface area contributed by atoms with Crippen molar-refractivity contribution in [3.8, 4) is 6.07 Å². The van der Waals surface area contributed by atoms with Crippen LogP contribution in [0.15, 0.2) is 30.6 Å². The highest BCUT2D eigenvalue weighted by molar-refractivity contribution is 5.77. The van der Waals surface area contributed by atoms with Crippen LogP contribution in [0.2, 0.25) is 0 Å². The second kappa shape index (κ2) is 3.11. The maximum Gasteiger partial charge on any atom is 0.0931 e. The lowest BCUT2D eigenvalue weighted by molar-refractivity contribution is 1.34. The molecule has 3 nitrogen and oxygen atoms in total. The fraction of sp³-hybridized carbons (Fsp3) is 0. The third-order valence-corrected chi connectivity index (χ3v) is 1.79. The van der Waals surface area contributed by atoms with E-state index in [1.807, 2.05) is 24.3 Å². The highest BCUT2D eigenvalue weighted by Gasteiger charge is 1.94. The van der Waals surface area contributed by atoms with Crippen LogP contribution >= 0.6 is 0 Å². The third kappa shape index (κ3) is 1.42. The molecule has 0 spiro atoms. The first kappa shape index (κ1) is 7.56. The van der Waals surface area contributed by atoms with Gasteiger partial charge < -0.3 is 4.98 Å². The van der Waals surface area contributed by atoms with Gasteiger partial charge in [0.25, 0.3) is 0 Å². The van der Waals surface area contributed by atoms with Gasteiger partial charge in [0.2, 0.25) is 0 Å². The molecular formula is C10H7N3. The topological polar surface area (TPSA) is 52.5 Å². The number of H-pyrrole nitrogens is 1. The molecule has 2 aromatic rings. The molecule has 0 unspecified atom stereocenters. The molecule has 0 aliphatic rings. The number of nitrogens with one attached hydrogen (secondary N) is 1. The summed E-state index contributed by atoms with van der Waals surface area (Å²) in [6.07, 6.45) is 4.88. The monoisotopic (exact) mass is 169 g/mol. The molecule has 1 N–H and O–H groups in total. The highest BCUT2D eigenvalue weighted by Crippen LogP contribution is 2.12. The number of hydrogen-bond donors (Lipinski definition) is 1. The normalized spacial score (nSPS) is 10.7. The molecule has 0 bridgehead atoms. The molecule has 0 radical (unpaired) electrons. The molecule has 0 amide bonds. The minimum absolute atomic E-state index is 0.939. The van der Waals surface area contributed by atoms with Gasteiger partial charge in [0, 0.05) is 6.08 Å². The van der Waals surface area contributed by atoms with E-state index in [0.29, 0.717) is 0 Å². The Kier molecular flexibility index (Phi) is 1.81. The smallest absolute Gasteiger partial charge is 0.0931 e. The van der Waals surface area contributed by atoms with Crippen molar-refractivity contribution in [2.75, 3.05) is 0 Å². The Bertz CT molecular complexity index is 488. The quantitative estimate of drug-likeness (QED) is 0.664. The van der Waals surface area contributed by atoms with Gasteiger partial charge in [0.05, 0.1) is 23.4 Å². The lowest BCUT2D eigenvalue weighted by Gasteiger charge is -1.91. The zero-order chi connectivity index (χ0) is 9.10. The third-order valence-electron chi connectivity index (χ3n) is 1.79. The number of imidazole rings is 1. The Hall–Kier alpha value is -2.08. The van der Waals surface area contributed by atoms with E-state index in [9.17, 15) is 0 Å². The molecule has 13 heavy (non-hydrogen) atoms. The van der Waals surface area contributed by atoms with E-state index in [2.05, 4.69) is 9.97 Å². The number of allylic oxidation sites excluding steroid dienone is 1. The number of hydrogen-bond acceptors (Lipinski definition) is 2. The molecule has 0 atom stereocenters. The number of benzene rings is 1.